The van der Waals surface area contributed by atoms with Crippen molar-refractivity contribution in [2.45, 2.75) is 19.4 Å². The molecule has 0 radical (unpaired) electrons. The molecule has 0 fully saturated rings. The molecule has 1 aromatic rings. The standard InChI is InChI=1S/C12H15BrO4/c1-7(14)10-11(15-2)8(13)6-9-12(10)17-5-3-4-16-9/h6-7,14H,3-5H2,1-2H3. The van der Waals surface area contributed by atoms with E-state index in [9.17, 15) is 5.11 Å². The summed E-state index contributed by atoms with van der Waals surface area (Å²) >= 11 is 3.41. The second-order valence-corrected chi connectivity index (χ2v) is 4.71. The number of aliphatic hydroxyl groups is 1. The minimum Gasteiger partial charge on any atom is -0.495 e. The number of hydrogen-bond donors (Lipinski definition) is 1. The summed E-state index contributed by atoms with van der Waals surface area (Å²) in [6.07, 6.45) is 0.145. The van der Waals surface area contributed by atoms with Gasteiger partial charge in [0.1, 0.15) is 5.75 Å². The van der Waals surface area contributed by atoms with E-state index in [1.54, 1.807) is 14.0 Å². The molecular weight excluding hydrogens is 288 g/mol. The Hall–Kier alpha value is -0.940. The molecule has 1 unspecified atom stereocenters. The van der Waals surface area contributed by atoms with Gasteiger partial charge >= 0.3 is 0 Å². The van der Waals surface area contributed by atoms with Gasteiger partial charge in [-0.15, -0.1) is 0 Å². The molecule has 1 aliphatic heterocycles. The van der Waals surface area contributed by atoms with Crippen molar-refractivity contribution in [3.8, 4) is 17.2 Å². The van der Waals surface area contributed by atoms with Crippen molar-refractivity contribution in [1.29, 1.82) is 0 Å². The fourth-order valence-electron chi connectivity index (χ4n) is 1.87. The highest BCUT2D eigenvalue weighted by Gasteiger charge is 2.24. The number of ether oxygens (including phenoxy) is 3. The first kappa shape index (κ1) is 12.5. The van der Waals surface area contributed by atoms with Gasteiger partial charge in [0.25, 0.3) is 0 Å². The maximum atomic E-state index is 9.87. The van der Waals surface area contributed by atoms with Crippen LogP contribution in [0.2, 0.25) is 0 Å². The fourth-order valence-corrected chi connectivity index (χ4v) is 2.45. The van der Waals surface area contributed by atoms with Crippen molar-refractivity contribution >= 4 is 15.9 Å². The molecule has 0 amide bonds. The van der Waals surface area contributed by atoms with Gasteiger partial charge in [0.2, 0.25) is 0 Å². The lowest BCUT2D eigenvalue weighted by Gasteiger charge is -2.19. The third-order valence-corrected chi connectivity index (χ3v) is 3.19. The number of rotatable bonds is 2. The van der Waals surface area contributed by atoms with Gasteiger partial charge < -0.3 is 19.3 Å². The smallest absolute Gasteiger partial charge is 0.170 e. The summed E-state index contributed by atoms with van der Waals surface area (Å²) in [6, 6.07) is 1.81. The third-order valence-electron chi connectivity index (χ3n) is 2.60. The zero-order valence-corrected chi connectivity index (χ0v) is 11.4. The van der Waals surface area contributed by atoms with Crippen LogP contribution in [-0.4, -0.2) is 25.4 Å². The van der Waals surface area contributed by atoms with E-state index in [2.05, 4.69) is 15.9 Å². The van der Waals surface area contributed by atoms with Gasteiger partial charge in [-0.3, -0.25) is 0 Å². The number of fused-ring (bicyclic) bond motifs is 1. The van der Waals surface area contributed by atoms with Crippen LogP contribution in [-0.2, 0) is 0 Å². The minimum atomic E-state index is -0.683. The number of halogens is 1. The third kappa shape index (κ3) is 2.35. The lowest BCUT2D eigenvalue weighted by atomic mass is 10.1. The van der Waals surface area contributed by atoms with E-state index in [4.69, 9.17) is 14.2 Å². The first-order chi connectivity index (χ1) is 8.15. The second kappa shape index (κ2) is 5.14. The molecule has 4 nitrogen and oxygen atoms in total. The van der Waals surface area contributed by atoms with Crippen LogP contribution in [0.15, 0.2) is 10.5 Å². The van der Waals surface area contributed by atoms with Crippen LogP contribution in [0.4, 0.5) is 0 Å². The molecule has 1 atom stereocenters. The first-order valence-corrected chi connectivity index (χ1v) is 6.28. The van der Waals surface area contributed by atoms with Crippen LogP contribution in [0.25, 0.3) is 0 Å². The Bertz CT molecular complexity index is 417. The van der Waals surface area contributed by atoms with Crippen LogP contribution in [0.3, 0.4) is 0 Å². The SMILES string of the molecule is COc1c(Br)cc2c(c1C(C)O)OCCCO2. The van der Waals surface area contributed by atoms with E-state index >= 15 is 0 Å². The van der Waals surface area contributed by atoms with Gasteiger partial charge in [0.05, 0.1) is 36.5 Å². The maximum absolute atomic E-state index is 9.87. The van der Waals surface area contributed by atoms with Crippen LogP contribution >= 0.6 is 15.9 Å². The molecule has 0 spiro atoms. The molecule has 1 aromatic carbocycles. The Kier molecular flexibility index (Phi) is 3.79. The van der Waals surface area contributed by atoms with Gasteiger partial charge in [-0.1, -0.05) is 0 Å². The Balaban J connectivity index is 2.62. The monoisotopic (exact) mass is 302 g/mol. The van der Waals surface area contributed by atoms with Crippen molar-refractivity contribution in [1.82, 2.24) is 0 Å². The zero-order valence-electron chi connectivity index (χ0n) is 9.83. The fraction of sp³-hybridized carbons (Fsp3) is 0.500. The van der Waals surface area contributed by atoms with Crippen LogP contribution < -0.4 is 14.2 Å². The molecule has 1 aliphatic rings. The molecule has 5 heteroatoms. The van der Waals surface area contributed by atoms with Crippen molar-refractivity contribution in [3.05, 3.63) is 16.1 Å². The van der Waals surface area contributed by atoms with E-state index in [1.165, 1.54) is 0 Å². The quantitative estimate of drug-likeness (QED) is 0.912. The molecule has 1 N–H and O–H groups in total. The molecule has 0 aromatic heterocycles. The van der Waals surface area contributed by atoms with Gasteiger partial charge in [-0.25, -0.2) is 0 Å². The highest BCUT2D eigenvalue weighted by atomic mass is 79.9. The average Bonchev–Trinajstić information content (AvgIpc) is 2.51. The molecule has 17 heavy (non-hydrogen) atoms. The van der Waals surface area contributed by atoms with Gasteiger partial charge in [0.15, 0.2) is 11.5 Å². The van der Waals surface area contributed by atoms with E-state index in [0.717, 1.165) is 10.9 Å². The van der Waals surface area contributed by atoms with Crippen LogP contribution in [0.5, 0.6) is 17.2 Å². The summed E-state index contributed by atoms with van der Waals surface area (Å²) in [5.41, 5.74) is 0.624. The molecule has 0 saturated heterocycles. The lowest BCUT2D eigenvalue weighted by molar-refractivity contribution is 0.186. The van der Waals surface area contributed by atoms with E-state index in [1.807, 2.05) is 6.07 Å². The summed E-state index contributed by atoms with van der Waals surface area (Å²) in [4.78, 5) is 0. The molecule has 1 heterocycles. The molecule has 2 rings (SSSR count). The maximum Gasteiger partial charge on any atom is 0.170 e. The highest BCUT2D eigenvalue weighted by molar-refractivity contribution is 9.10. The zero-order chi connectivity index (χ0) is 12.4. The summed E-state index contributed by atoms with van der Waals surface area (Å²) in [5.74, 6) is 1.81. The topological polar surface area (TPSA) is 47.9 Å². The van der Waals surface area contributed by atoms with Crippen LogP contribution in [0.1, 0.15) is 25.0 Å². The summed E-state index contributed by atoms with van der Waals surface area (Å²) in [5, 5.41) is 9.87. The number of aliphatic hydroxyl groups excluding tert-OH is 1. The van der Waals surface area contributed by atoms with Gasteiger partial charge in [-0.05, 0) is 22.9 Å². The van der Waals surface area contributed by atoms with Crippen LogP contribution in [0, 0.1) is 0 Å². The van der Waals surface area contributed by atoms with Crippen molar-refractivity contribution in [2.75, 3.05) is 20.3 Å². The predicted octanol–water partition coefficient (Wildman–Crippen LogP) is 2.67. The largest absolute Gasteiger partial charge is 0.495 e. The van der Waals surface area contributed by atoms with Gasteiger partial charge in [-0.2, -0.15) is 0 Å². The summed E-state index contributed by atoms with van der Waals surface area (Å²) in [6.45, 7) is 2.88. The molecule has 0 aliphatic carbocycles. The Morgan fingerprint density at radius 2 is 2.12 bits per heavy atom. The summed E-state index contributed by atoms with van der Waals surface area (Å²) < 4.78 is 17.3. The van der Waals surface area contributed by atoms with Crippen molar-refractivity contribution < 1.29 is 19.3 Å². The summed E-state index contributed by atoms with van der Waals surface area (Å²) in [7, 11) is 1.57. The van der Waals surface area contributed by atoms with Crippen molar-refractivity contribution in [3.63, 3.8) is 0 Å². The average molecular weight is 303 g/mol. The van der Waals surface area contributed by atoms with E-state index in [-0.39, 0.29) is 0 Å². The Labute approximate surface area is 109 Å². The van der Waals surface area contributed by atoms with Gasteiger partial charge in [0, 0.05) is 12.5 Å². The Morgan fingerprint density at radius 1 is 1.41 bits per heavy atom. The van der Waals surface area contributed by atoms with E-state index < -0.39 is 6.10 Å². The second-order valence-electron chi connectivity index (χ2n) is 3.86. The molecular formula is C12H15BrO4. The number of hydrogen-bond acceptors (Lipinski definition) is 4. The Morgan fingerprint density at radius 3 is 2.76 bits per heavy atom. The number of methoxy groups -OCH3 is 1. The molecule has 0 saturated carbocycles. The molecule has 0 bridgehead atoms. The highest BCUT2D eigenvalue weighted by Crippen LogP contribution is 2.46. The number of benzene rings is 1. The van der Waals surface area contributed by atoms with E-state index in [0.29, 0.717) is 36.0 Å². The predicted molar refractivity (Wildman–Crippen MR) is 66.9 cm³/mol. The minimum absolute atomic E-state index is 0.581. The normalized spacial score (nSPS) is 16.2. The van der Waals surface area contributed by atoms with Crippen molar-refractivity contribution in [2.24, 2.45) is 0 Å². The molecule has 94 valence electrons. The lowest BCUT2D eigenvalue weighted by Crippen LogP contribution is -2.04. The first-order valence-electron chi connectivity index (χ1n) is 5.49.